The topological polar surface area (TPSA) is 81.4 Å². The molecule has 3 N–H and O–H groups in total. The van der Waals surface area contributed by atoms with Crippen LogP contribution in [0.25, 0.3) is 0 Å². The predicted octanol–water partition coefficient (Wildman–Crippen LogP) is 1.08. The Kier molecular flexibility index (Phi) is 5.49. The highest BCUT2D eigenvalue weighted by atomic mass is 32.2. The molecule has 0 saturated carbocycles. The molecule has 0 amide bonds. The fourth-order valence-corrected chi connectivity index (χ4v) is 3.16. The highest BCUT2D eigenvalue weighted by molar-refractivity contribution is 7.89. The standard InChI is InChI=1S/C13H22N2O3S/c1-9-5-12(7-14)6-13(11(9)3)19(16,17)15-8-10(2)18-4/h5-6,10,15H,7-8,14H2,1-4H3. The van der Waals surface area contributed by atoms with Crippen LogP contribution in [-0.2, 0) is 21.3 Å². The Bertz CT molecular complexity index is 541. The van der Waals surface area contributed by atoms with Gasteiger partial charge < -0.3 is 10.5 Å². The average molecular weight is 286 g/mol. The summed E-state index contributed by atoms with van der Waals surface area (Å²) in [6, 6.07) is 3.54. The fourth-order valence-electron chi connectivity index (χ4n) is 1.68. The van der Waals surface area contributed by atoms with Gasteiger partial charge >= 0.3 is 0 Å². The number of aryl methyl sites for hydroxylation is 1. The molecule has 0 aliphatic carbocycles. The molecule has 0 radical (unpaired) electrons. The van der Waals surface area contributed by atoms with Gasteiger partial charge in [0.1, 0.15) is 0 Å². The maximum absolute atomic E-state index is 12.3. The second-order valence-corrected chi connectivity index (χ2v) is 6.37. The first-order valence-corrected chi connectivity index (χ1v) is 7.62. The van der Waals surface area contributed by atoms with E-state index in [1.165, 1.54) is 0 Å². The summed E-state index contributed by atoms with van der Waals surface area (Å²) in [5.41, 5.74) is 8.06. The molecule has 0 bridgehead atoms. The first-order valence-electron chi connectivity index (χ1n) is 6.14. The molecule has 1 aromatic rings. The molecule has 1 aromatic carbocycles. The van der Waals surface area contributed by atoms with Crippen LogP contribution in [0.1, 0.15) is 23.6 Å². The number of methoxy groups -OCH3 is 1. The van der Waals surface area contributed by atoms with Gasteiger partial charge in [-0.15, -0.1) is 0 Å². The Morgan fingerprint density at radius 3 is 2.53 bits per heavy atom. The van der Waals surface area contributed by atoms with Gasteiger partial charge in [0, 0.05) is 20.2 Å². The van der Waals surface area contributed by atoms with E-state index in [0.717, 1.165) is 16.7 Å². The summed E-state index contributed by atoms with van der Waals surface area (Å²) in [6.07, 6.45) is -0.172. The Morgan fingerprint density at radius 1 is 1.37 bits per heavy atom. The van der Waals surface area contributed by atoms with Crippen LogP contribution in [0.3, 0.4) is 0 Å². The number of rotatable bonds is 6. The van der Waals surface area contributed by atoms with E-state index in [1.54, 1.807) is 27.0 Å². The van der Waals surface area contributed by atoms with E-state index in [-0.39, 0.29) is 17.5 Å². The van der Waals surface area contributed by atoms with Crippen LogP contribution < -0.4 is 10.5 Å². The number of nitrogens with one attached hydrogen (secondary N) is 1. The normalized spacial score (nSPS) is 13.5. The molecule has 1 rings (SSSR count). The van der Waals surface area contributed by atoms with Crippen molar-refractivity contribution in [2.45, 2.75) is 38.3 Å². The summed E-state index contributed by atoms with van der Waals surface area (Å²) in [4.78, 5) is 0.288. The van der Waals surface area contributed by atoms with Crippen LogP contribution in [0.5, 0.6) is 0 Å². The van der Waals surface area contributed by atoms with E-state index >= 15 is 0 Å². The van der Waals surface area contributed by atoms with Gasteiger partial charge in [0.15, 0.2) is 0 Å². The maximum Gasteiger partial charge on any atom is 0.240 e. The van der Waals surface area contributed by atoms with Gasteiger partial charge in [-0.2, -0.15) is 0 Å². The largest absolute Gasteiger partial charge is 0.380 e. The molecule has 0 fully saturated rings. The highest BCUT2D eigenvalue weighted by Gasteiger charge is 2.19. The summed E-state index contributed by atoms with van der Waals surface area (Å²) in [5, 5.41) is 0. The molecule has 0 spiro atoms. The average Bonchev–Trinajstić information content (AvgIpc) is 2.38. The zero-order valence-corrected chi connectivity index (χ0v) is 12.7. The van der Waals surface area contributed by atoms with E-state index < -0.39 is 10.0 Å². The van der Waals surface area contributed by atoms with E-state index in [1.807, 2.05) is 13.0 Å². The quantitative estimate of drug-likeness (QED) is 0.820. The van der Waals surface area contributed by atoms with Gasteiger partial charge in [-0.1, -0.05) is 6.07 Å². The molecule has 0 aliphatic heterocycles. The van der Waals surface area contributed by atoms with Crippen LogP contribution in [-0.4, -0.2) is 28.2 Å². The van der Waals surface area contributed by atoms with E-state index in [4.69, 9.17) is 10.5 Å². The van der Waals surface area contributed by atoms with Crippen molar-refractivity contribution in [1.82, 2.24) is 4.72 Å². The lowest BCUT2D eigenvalue weighted by Gasteiger charge is -2.15. The van der Waals surface area contributed by atoms with Crippen molar-refractivity contribution in [2.24, 2.45) is 5.73 Å². The fraction of sp³-hybridized carbons (Fsp3) is 0.538. The molecule has 0 aromatic heterocycles. The Morgan fingerprint density at radius 2 is 2.00 bits per heavy atom. The first-order chi connectivity index (χ1) is 8.81. The number of benzene rings is 1. The van der Waals surface area contributed by atoms with Crippen molar-refractivity contribution in [2.75, 3.05) is 13.7 Å². The van der Waals surface area contributed by atoms with E-state index in [2.05, 4.69) is 4.72 Å². The summed E-state index contributed by atoms with van der Waals surface area (Å²) < 4.78 is 32.2. The molecule has 1 unspecified atom stereocenters. The number of hydrogen-bond acceptors (Lipinski definition) is 4. The smallest absolute Gasteiger partial charge is 0.240 e. The highest BCUT2D eigenvalue weighted by Crippen LogP contribution is 2.20. The lowest BCUT2D eigenvalue weighted by atomic mass is 10.1. The van der Waals surface area contributed by atoms with E-state index in [9.17, 15) is 8.42 Å². The van der Waals surface area contributed by atoms with Crippen molar-refractivity contribution >= 4 is 10.0 Å². The van der Waals surface area contributed by atoms with Gasteiger partial charge in [0.2, 0.25) is 10.0 Å². The van der Waals surface area contributed by atoms with Gasteiger partial charge in [0.25, 0.3) is 0 Å². The monoisotopic (exact) mass is 286 g/mol. The van der Waals surface area contributed by atoms with Crippen LogP contribution in [0.4, 0.5) is 0 Å². The molecule has 1 atom stereocenters. The molecular formula is C13H22N2O3S. The van der Waals surface area contributed by atoms with Crippen LogP contribution >= 0.6 is 0 Å². The molecule has 6 heteroatoms. The number of ether oxygens (including phenoxy) is 1. The molecule has 19 heavy (non-hydrogen) atoms. The van der Waals surface area contributed by atoms with Gasteiger partial charge in [0.05, 0.1) is 11.0 Å². The third-order valence-electron chi connectivity index (χ3n) is 3.17. The molecule has 0 aliphatic rings. The van der Waals surface area contributed by atoms with E-state index in [0.29, 0.717) is 6.54 Å². The van der Waals surface area contributed by atoms with Crippen molar-refractivity contribution in [1.29, 1.82) is 0 Å². The van der Waals surface area contributed by atoms with Crippen LogP contribution in [0.15, 0.2) is 17.0 Å². The Labute approximate surface area is 115 Å². The lowest BCUT2D eigenvalue weighted by Crippen LogP contribution is -2.32. The predicted molar refractivity (Wildman–Crippen MR) is 75.5 cm³/mol. The van der Waals surface area contributed by atoms with Gasteiger partial charge in [-0.25, -0.2) is 13.1 Å². The zero-order chi connectivity index (χ0) is 14.6. The number of hydrogen-bond donors (Lipinski definition) is 2. The lowest BCUT2D eigenvalue weighted by molar-refractivity contribution is 0.122. The van der Waals surface area contributed by atoms with Crippen molar-refractivity contribution in [3.05, 3.63) is 28.8 Å². The van der Waals surface area contributed by atoms with Crippen LogP contribution in [0, 0.1) is 13.8 Å². The van der Waals surface area contributed by atoms with Crippen molar-refractivity contribution in [3.63, 3.8) is 0 Å². The molecule has 0 saturated heterocycles. The Balaban J connectivity index is 3.10. The Hall–Kier alpha value is -0.950. The minimum Gasteiger partial charge on any atom is -0.380 e. The molecular weight excluding hydrogens is 264 g/mol. The summed E-state index contributed by atoms with van der Waals surface area (Å²) in [7, 11) is -1.99. The third-order valence-corrected chi connectivity index (χ3v) is 4.72. The van der Waals surface area contributed by atoms with Crippen molar-refractivity contribution in [3.8, 4) is 0 Å². The van der Waals surface area contributed by atoms with Crippen molar-refractivity contribution < 1.29 is 13.2 Å². The second-order valence-electron chi connectivity index (χ2n) is 4.64. The first kappa shape index (κ1) is 16.1. The zero-order valence-electron chi connectivity index (χ0n) is 11.9. The summed E-state index contributed by atoms with van der Waals surface area (Å²) in [5.74, 6) is 0. The minimum absolute atomic E-state index is 0.172. The minimum atomic E-state index is -3.54. The van der Waals surface area contributed by atoms with Crippen LogP contribution in [0.2, 0.25) is 0 Å². The molecule has 108 valence electrons. The second kappa shape index (κ2) is 6.47. The third kappa shape index (κ3) is 4.01. The maximum atomic E-state index is 12.3. The molecule has 0 heterocycles. The summed E-state index contributed by atoms with van der Waals surface area (Å²) >= 11 is 0. The molecule has 5 nitrogen and oxygen atoms in total. The number of nitrogens with two attached hydrogens (primary N) is 1. The number of sulfonamides is 1. The summed E-state index contributed by atoms with van der Waals surface area (Å²) in [6.45, 7) is 6.04. The van der Waals surface area contributed by atoms with Gasteiger partial charge in [-0.3, -0.25) is 0 Å². The van der Waals surface area contributed by atoms with Gasteiger partial charge in [-0.05, 0) is 43.5 Å². The SMILES string of the molecule is COC(C)CNS(=O)(=O)c1cc(CN)cc(C)c1C.